The van der Waals surface area contributed by atoms with Crippen molar-refractivity contribution in [2.45, 2.75) is 97.7 Å². The zero-order valence-electron chi connectivity index (χ0n) is 19.2. The third-order valence-corrected chi connectivity index (χ3v) is 6.32. The summed E-state index contributed by atoms with van der Waals surface area (Å²) >= 11 is 0. The Hall–Kier alpha value is -1.19. The van der Waals surface area contributed by atoms with E-state index in [-0.39, 0.29) is 11.3 Å². The summed E-state index contributed by atoms with van der Waals surface area (Å²) in [5.41, 5.74) is 1.19. The van der Waals surface area contributed by atoms with Crippen molar-refractivity contribution in [2.75, 3.05) is 13.2 Å². The molecule has 0 heterocycles. The molecule has 1 saturated carbocycles. The predicted octanol–water partition coefficient (Wildman–Crippen LogP) is 7.04. The van der Waals surface area contributed by atoms with Gasteiger partial charge in [-0.1, -0.05) is 82.7 Å². The lowest BCUT2D eigenvalue weighted by atomic mass is 9.63. The molecular weight excluding hydrogens is 360 g/mol. The van der Waals surface area contributed by atoms with E-state index in [1.807, 2.05) is 19.9 Å². The van der Waals surface area contributed by atoms with E-state index in [2.05, 4.69) is 38.1 Å². The third kappa shape index (κ3) is 6.65. The average molecular weight is 403 g/mol. The average Bonchev–Trinajstić information content (AvgIpc) is 2.69. The van der Waals surface area contributed by atoms with Crippen molar-refractivity contribution in [3.05, 3.63) is 35.9 Å². The van der Waals surface area contributed by atoms with Crippen LogP contribution in [-0.2, 0) is 20.1 Å². The zero-order valence-corrected chi connectivity index (χ0v) is 19.2. The van der Waals surface area contributed by atoms with E-state index >= 15 is 0 Å². The monoisotopic (exact) mass is 402 g/mol. The molecule has 3 nitrogen and oxygen atoms in total. The van der Waals surface area contributed by atoms with Crippen LogP contribution in [0.1, 0.15) is 97.5 Å². The third-order valence-electron chi connectivity index (χ3n) is 6.32. The van der Waals surface area contributed by atoms with Crippen molar-refractivity contribution in [2.24, 2.45) is 11.3 Å². The Kier molecular flexibility index (Phi) is 9.85. The lowest BCUT2D eigenvalue weighted by Gasteiger charge is -2.46. The van der Waals surface area contributed by atoms with E-state index in [0.717, 1.165) is 18.4 Å². The first-order chi connectivity index (χ1) is 14.0. The summed E-state index contributed by atoms with van der Waals surface area (Å²) in [6, 6.07) is 10.4. The predicted molar refractivity (Wildman–Crippen MR) is 120 cm³/mol. The van der Waals surface area contributed by atoms with Gasteiger partial charge < -0.3 is 9.47 Å². The van der Waals surface area contributed by atoms with Crippen LogP contribution in [0.2, 0.25) is 0 Å². The van der Waals surface area contributed by atoms with E-state index in [1.165, 1.54) is 38.5 Å². The van der Waals surface area contributed by atoms with Crippen LogP contribution < -0.4 is 0 Å². The highest BCUT2D eigenvalue weighted by molar-refractivity contribution is 5.85. The summed E-state index contributed by atoms with van der Waals surface area (Å²) in [6.45, 7) is 9.83. The van der Waals surface area contributed by atoms with Crippen LogP contribution in [0.25, 0.3) is 0 Å². The zero-order chi connectivity index (χ0) is 21.2. The Morgan fingerprint density at radius 1 is 0.931 bits per heavy atom. The van der Waals surface area contributed by atoms with Crippen LogP contribution >= 0.6 is 0 Å². The molecule has 0 N–H and O–H groups in total. The highest BCUT2D eigenvalue weighted by Crippen LogP contribution is 2.50. The summed E-state index contributed by atoms with van der Waals surface area (Å²) in [5, 5.41) is 0. The van der Waals surface area contributed by atoms with Gasteiger partial charge in [0.05, 0.1) is 0 Å². The minimum Gasteiger partial charge on any atom is -0.346 e. The second-order valence-electron chi connectivity index (χ2n) is 9.06. The molecular formula is C26H42O3. The molecule has 0 amide bonds. The van der Waals surface area contributed by atoms with E-state index in [9.17, 15) is 4.79 Å². The van der Waals surface area contributed by atoms with Crippen molar-refractivity contribution in [1.29, 1.82) is 0 Å². The largest absolute Gasteiger partial charge is 0.346 e. The SMILES string of the molecule is CCCCCCCCC(CC1(C)CC(=O)C1)C(OCC)(OCC)c1ccccc1. The normalized spacial score (nSPS) is 17.2. The maximum Gasteiger partial charge on any atom is 0.197 e. The Morgan fingerprint density at radius 3 is 2.07 bits per heavy atom. The van der Waals surface area contributed by atoms with Gasteiger partial charge in [-0.3, -0.25) is 4.79 Å². The first-order valence-electron chi connectivity index (χ1n) is 11.8. The molecule has 164 valence electrons. The van der Waals surface area contributed by atoms with Gasteiger partial charge in [-0.2, -0.15) is 0 Å². The van der Waals surface area contributed by atoms with Crippen LogP contribution in [0.5, 0.6) is 0 Å². The fraction of sp³-hybridized carbons (Fsp3) is 0.731. The summed E-state index contributed by atoms with van der Waals surface area (Å²) in [6.07, 6.45) is 11.1. The van der Waals surface area contributed by atoms with Crippen molar-refractivity contribution >= 4 is 5.78 Å². The Balaban J connectivity index is 2.23. The molecule has 0 aromatic heterocycles. The van der Waals surface area contributed by atoms with Gasteiger partial charge in [0.1, 0.15) is 5.78 Å². The molecule has 0 aliphatic heterocycles. The fourth-order valence-corrected chi connectivity index (χ4v) is 5.02. The van der Waals surface area contributed by atoms with Crippen LogP contribution in [0.15, 0.2) is 30.3 Å². The molecule has 0 radical (unpaired) electrons. The van der Waals surface area contributed by atoms with Crippen molar-refractivity contribution in [3.8, 4) is 0 Å². The van der Waals surface area contributed by atoms with Gasteiger partial charge in [0.15, 0.2) is 5.79 Å². The number of ether oxygens (including phenoxy) is 2. The number of ketones is 1. The molecule has 29 heavy (non-hydrogen) atoms. The number of Topliss-reactive ketones (excluding diaryl/α,β-unsaturated/α-hetero) is 1. The maximum atomic E-state index is 11.8. The number of carbonyl (C=O) groups is 1. The van der Waals surface area contributed by atoms with E-state index in [0.29, 0.717) is 31.8 Å². The van der Waals surface area contributed by atoms with Gasteiger partial charge in [-0.05, 0) is 32.1 Å². The van der Waals surface area contributed by atoms with E-state index < -0.39 is 5.79 Å². The molecule has 1 fully saturated rings. The second-order valence-corrected chi connectivity index (χ2v) is 9.06. The number of unbranched alkanes of at least 4 members (excludes halogenated alkanes) is 5. The molecule has 1 aromatic rings. The van der Waals surface area contributed by atoms with Gasteiger partial charge >= 0.3 is 0 Å². The minimum absolute atomic E-state index is 0.0815. The Morgan fingerprint density at radius 2 is 1.52 bits per heavy atom. The number of benzene rings is 1. The minimum atomic E-state index is -0.726. The first kappa shape index (κ1) is 24.1. The van der Waals surface area contributed by atoms with Crippen LogP contribution in [0.3, 0.4) is 0 Å². The topological polar surface area (TPSA) is 35.5 Å². The van der Waals surface area contributed by atoms with E-state index in [4.69, 9.17) is 9.47 Å². The first-order valence-corrected chi connectivity index (χ1v) is 11.8. The highest BCUT2D eigenvalue weighted by atomic mass is 16.7. The Labute approximate surface area is 178 Å². The Bertz CT molecular complexity index is 581. The number of carbonyl (C=O) groups excluding carboxylic acids is 1. The standard InChI is InChI=1S/C26H42O3/c1-5-8-9-10-11-13-18-23(19-25(4)20-24(27)21-25)26(28-6-2,29-7-3)22-16-14-12-15-17-22/h12,14-17,23H,5-11,13,18-21H2,1-4H3. The van der Waals surface area contributed by atoms with Crippen LogP contribution in [-0.4, -0.2) is 19.0 Å². The molecule has 1 unspecified atom stereocenters. The van der Waals surface area contributed by atoms with E-state index in [1.54, 1.807) is 0 Å². The fourth-order valence-electron chi connectivity index (χ4n) is 5.02. The molecule has 3 heteroatoms. The van der Waals surface area contributed by atoms with Crippen molar-refractivity contribution in [1.82, 2.24) is 0 Å². The van der Waals surface area contributed by atoms with Gasteiger partial charge in [0, 0.05) is 37.5 Å². The lowest BCUT2D eigenvalue weighted by Crippen LogP contribution is -2.46. The number of hydrogen-bond acceptors (Lipinski definition) is 3. The summed E-state index contributed by atoms with van der Waals surface area (Å²) in [5.74, 6) is -0.0893. The smallest absolute Gasteiger partial charge is 0.197 e. The van der Waals surface area contributed by atoms with Gasteiger partial charge in [-0.25, -0.2) is 0 Å². The van der Waals surface area contributed by atoms with Gasteiger partial charge in [-0.15, -0.1) is 0 Å². The maximum absolute atomic E-state index is 11.8. The molecule has 0 saturated heterocycles. The molecule has 1 aliphatic rings. The van der Waals surface area contributed by atoms with Crippen molar-refractivity contribution < 1.29 is 14.3 Å². The summed E-state index contributed by atoms with van der Waals surface area (Å²) in [4.78, 5) is 11.8. The highest BCUT2D eigenvalue weighted by Gasteiger charge is 2.48. The summed E-state index contributed by atoms with van der Waals surface area (Å²) < 4.78 is 12.9. The lowest BCUT2D eigenvalue weighted by molar-refractivity contribution is -0.281. The quantitative estimate of drug-likeness (QED) is 0.233. The molecule has 0 spiro atoms. The van der Waals surface area contributed by atoms with Gasteiger partial charge in [0.25, 0.3) is 0 Å². The summed E-state index contributed by atoms with van der Waals surface area (Å²) in [7, 11) is 0. The molecule has 1 atom stereocenters. The van der Waals surface area contributed by atoms with Crippen LogP contribution in [0.4, 0.5) is 0 Å². The second kappa shape index (κ2) is 11.9. The van der Waals surface area contributed by atoms with Crippen molar-refractivity contribution in [3.63, 3.8) is 0 Å². The molecule has 1 aliphatic carbocycles. The molecule has 1 aromatic carbocycles. The molecule has 0 bridgehead atoms. The number of rotatable bonds is 15. The van der Waals surface area contributed by atoms with Gasteiger partial charge in [0.2, 0.25) is 0 Å². The van der Waals surface area contributed by atoms with Crippen LogP contribution in [0, 0.1) is 11.3 Å². The number of hydrogen-bond donors (Lipinski definition) is 0. The molecule has 2 rings (SSSR count).